The van der Waals surface area contributed by atoms with Crippen LogP contribution in [0.15, 0.2) is 22.7 Å². The summed E-state index contributed by atoms with van der Waals surface area (Å²) in [6.07, 6.45) is 1.95. The number of hydrogen-bond acceptors (Lipinski definition) is 5. The summed E-state index contributed by atoms with van der Waals surface area (Å²) in [5, 5.41) is 11.1. The first-order chi connectivity index (χ1) is 10.1. The number of anilines is 1. The van der Waals surface area contributed by atoms with Crippen molar-refractivity contribution in [1.29, 1.82) is 0 Å². The Kier molecular flexibility index (Phi) is 5.96. The number of rotatable bonds is 6. The van der Waals surface area contributed by atoms with Gasteiger partial charge in [0.1, 0.15) is 5.69 Å². The average molecular weight is 359 g/mol. The van der Waals surface area contributed by atoms with E-state index in [1.54, 1.807) is 19.2 Å². The molecule has 0 saturated carbocycles. The lowest BCUT2D eigenvalue weighted by Crippen LogP contribution is -2.37. The quantitative estimate of drug-likeness (QED) is 0.444. The van der Waals surface area contributed by atoms with E-state index < -0.39 is 0 Å². The van der Waals surface area contributed by atoms with Crippen LogP contribution in [0.25, 0.3) is 0 Å². The molecule has 1 aliphatic rings. The Morgan fingerprint density at radius 1 is 1.38 bits per heavy atom. The predicted molar refractivity (Wildman–Crippen MR) is 83.9 cm³/mol. The van der Waals surface area contributed by atoms with Crippen molar-refractivity contribution in [3.05, 3.63) is 32.8 Å². The van der Waals surface area contributed by atoms with Crippen molar-refractivity contribution in [3.63, 3.8) is 0 Å². The van der Waals surface area contributed by atoms with Gasteiger partial charge >= 0.3 is 0 Å². The van der Waals surface area contributed by atoms with Gasteiger partial charge in [-0.25, -0.2) is 0 Å². The normalized spacial score (nSPS) is 16.2. The molecule has 0 atom stereocenters. The molecule has 0 aromatic heterocycles. The number of piperidine rings is 1. The molecule has 1 aromatic carbocycles. The highest BCUT2D eigenvalue weighted by molar-refractivity contribution is 9.10. The Bertz CT molecular complexity index is 490. The molecule has 1 heterocycles. The lowest BCUT2D eigenvalue weighted by molar-refractivity contribution is -0.384. The number of methoxy groups -OCH3 is 1. The Morgan fingerprint density at radius 2 is 2.10 bits per heavy atom. The second-order valence-electron chi connectivity index (χ2n) is 4.94. The first-order valence-electron chi connectivity index (χ1n) is 6.91. The maximum absolute atomic E-state index is 11.1. The number of hydrogen-bond donors (Lipinski definition) is 0. The summed E-state index contributed by atoms with van der Waals surface area (Å²) in [4.78, 5) is 12.9. The van der Waals surface area contributed by atoms with E-state index >= 15 is 0 Å². The SMILES string of the molecule is COCCOC1CCN(c2cc(Br)ccc2[N+](=O)[O-])CC1. The summed E-state index contributed by atoms with van der Waals surface area (Å²) in [7, 11) is 1.65. The molecular weight excluding hydrogens is 340 g/mol. The van der Waals surface area contributed by atoms with Crippen LogP contribution in [-0.2, 0) is 9.47 Å². The molecule has 116 valence electrons. The van der Waals surface area contributed by atoms with Crippen molar-refractivity contribution in [1.82, 2.24) is 0 Å². The number of nitro benzene ring substituents is 1. The van der Waals surface area contributed by atoms with Gasteiger partial charge in [-0.15, -0.1) is 0 Å². The van der Waals surface area contributed by atoms with Gasteiger partial charge in [-0.05, 0) is 25.0 Å². The number of ether oxygens (including phenoxy) is 2. The number of nitro groups is 1. The second kappa shape index (κ2) is 7.72. The monoisotopic (exact) mass is 358 g/mol. The fraction of sp³-hybridized carbons (Fsp3) is 0.571. The standard InChI is InChI=1S/C14H19BrN2O4/c1-20-8-9-21-12-4-6-16(7-5-12)14-10-11(15)2-3-13(14)17(18)19/h2-3,10,12H,4-9H2,1H3. The largest absolute Gasteiger partial charge is 0.382 e. The Morgan fingerprint density at radius 3 is 2.71 bits per heavy atom. The van der Waals surface area contributed by atoms with E-state index in [9.17, 15) is 10.1 Å². The van der Waals surface area contributed by atoms with Crippen molar-refractivity contribution < 1.29 is 14.4 Å². The molecule has 0 aliphatic carbocycles. The molecule has 0 bridgehead atoms. The van der Waals surface area contributed by atoms with Crippen molar-refractivity contribution in [2.75, 3.05) is 38.3 Å². The van der Waals surface area contributed by atoms with Crippen LogP contribution in [0, 0.1) is 10.1 Å². The Labute approximate surface area is 132 Å². The fourth-order valence-electron chi connectivity index (χ4n) is 2.47. The van der Waals surface area contributed by atoms with E-state index in [0.29, 0.717) is 18.9 Å². The fourth-order valence-corrected chi connectivity index (χ4v) is 2.81. The molecule has 0 radical (unpaired) electrons. The van der Waals surface area contributed by atoms with Gasteiger partial charge in [0, 0.05) is 30.7 Å². The Balaban J connectivity index is 1.99. The molecule has 0 unspecified atom stereocenters. The van der Waals surface area contributed by atoms with Crippen LogP contribution in [0.1, 0.15) is 12.8 Å². The van der Waals surface area contributed by atoms with E-state index in [-0.39, 0.29) is 16.7 Å². The lowest BCUT2D eigenvalue weighted by atomic mass is 10.1. The molecule has 0 N–H and O–H groups in total. The molecule has 1 aliphatic heterocycles. The number of benzene rings is 1. The molecule has 1 aromatic rings. The van der Waals surface area contributed by atoms with Crippen molar-refractivity contribution in [3.8, 4) is 0 Å². The minimum atomic E-state index is -0.330. The van der Waals surface area contributed by atoms with Gasteiger partial charge in [0.2, 0.25) is 0 Å². The van der Waals surface area contributed by atoms with Crippen LogP contribution in [0.5, 0.6) is 0 Å². The third kappa shape index (κ3) is 4.39. The zero-order chi connectivity index (χ0) is 15.2. The molecule has 0 spiro atoms. The second-order valence-corrected chi connectivity index (χ2v) is 5.86. The highest BCUT2D eigenvalue weighted by atomic mass is 79.9. The van der Waals surface area contributed by atoms with E-state index in [1.807, 2.05) is 6.07 Å². The van der Waals surface area contributed by atoms with Crippen LogP contribution in [-0.4, -0.2) is 44.4 Å². The van der Waals surface area contributed by atoms with Gasteiger partial charge in [-0.2, -0.15) is 0 Å². The van der Waals surface area contributed by atoms with E-state index in [0.717, 1.165) is 30.4 Å². The van der Waals surface area contributed by atoms with Crippen LogP contribution < -0.4 is 4.90 Å². The lowest BCUT2D eigenvalue weighted by Gasteiger charge is -2.33. The van der Waals surface area contributed by atoms with Gasteiger partial charge in [0.05, 0.1) is 24.2 Å². The first-order valence-corrected chi connectivity index (χ1v) is 7.70. The van der Waals surface area contributed by atoms with Gasteiger partial charge in [0.25, 0.3) is 5.69 Å². The number of nitrogens with zero attached hydrogens (tertiary/aromatic N) is 2. The van der Waals surface area contributed by atoms with Gasteiger partial charge in [-0.3, -0.25) is 10.1 Å². The van der Waals surface area contributed by atoms with Crippen LogP contribution in [0.3, 0.4) is 0 Å². The minimum absolute atomic E-state index is 0.150. The van der Waals surface area contributed by atoms with E-state index in [2.05, 4.69) is 20.8 Å². The van der Waals surface area contributed by atoms with Crippen molar-refractivity contribution in [2.24, 2.45) is 0 Å². The summed E-state index contributed by atoms with van der Waals surface area (Å²) in [5.74, 6) is 0. The molecular formula is C14H19BrN2O4. The highest BCUT2D eigenvalue weighted by Gasteiger charge is 2.25. The summed E-state index contributed by atoms with van der Waals surface area (Å²) >= 11 is 3.38. The summed E-state index contributed by atoms with van der Waals surface area (Å²) in [6.45, 7) is 2.71. The first kappa shape index (κ1) is 16.2. The highest BCUT2D eigenvalue weighted by Crippen LogP contribution is 2.33. The third-order valence-corrected chi connectivity index (χ3v) is 4.05. The van der Waals surface area contributed by atoms with Gasteiger partial charge in [0.15, 0.2) is 0 Å². The van der Waals surface area contributed by atoms with Crippen LogP contribution in [0.2, 0.25) is 0 Å². The summed E-state index contributed by atoms with van der Waals surface area (Å²) in [6, 6.07) is 5.05. The zero-order valence-corrected chi connectivity index (χ0v) is 13.5. The van der Waals surface area contributed by atoms with Crippen molar-refractivity contribution in [2.45, 2.75) is 18.9 Å². The van der Waals surface area contributed by atoms with E-state index in [1.165, 1.54) is 0 Å². The molecule has 6 nitrogen and oxygen atoms in total. The smallest absolute Gasteiger partial charge is 0.292 e. The van der Waals surface area contributed by atoms with Gasteiger partial charge in [-0.1, -0.05) is 15.9 Å². The maximum Gasteiger partial charge on any atom is 0.292 e. The molecule has 2 rings (SSSR count). The van der Waals surface area contributed by atoms with Gasteiger partial charge < -0.3 is 14.4 Å². The Hall–Kier alpha value is -1.18. The molecule has 21 heavy (non-hydrogen) atoms. The molecule has 1 saturated heterocycles. The topological polar surface area (TPSA) is 64.8 Å². The summed E-state index contributed by atoms with van der Waals surface area (Å²) < 4.78 is 11.5. The average Bonchev–Trinajstić information content (AvgIpc) is 2.48. The van der Waals surface area contributed by atoms with E-state index in [4.69, 9.17) is 9.47 Å². The predicted octanol–water partition coefficient (Wildman–Crippen LogP) is 2.99. The number of halogens is 1. The molecule has 0 amide bonds. The molecule has 7 heteroatoms. The minimum Gasteiger partial charge on any atom is -0.382 e. The maximum atomic E-state index is 11.1. The third-order valence-electron chi connectivity index (χ3n) is 3.56. The zero-order valence-electron chi connectivity index (χ0n) is 12.0. The molecule has 1 fully saturated rings. The van der Waals surface area contributed by atoms with Crippen molar-refractivity contribution >= 4 is 27.3 Å². The van der Waals surface area contributed by atoms with Crippen LogP contribution >= 0.6 is 15.9 Å². The van der Waals surface area contributed by atoms with Crippen LogP contribution in [0.4, 0.5) is 11.4 Å². The summed E-state index contributed by atoms with van der Waals surface area (Å²) in [5.41, 5.74) is 0.821.